The van der Waals surface area contributed by atoms with E-state index < -0.39 is 5.41 Å². The van der Waals surface area contributed by atoms with Gasteiger partial charge in [0.25, 0.3) is 0 Å². The van der Waals surface area contributed by atoms with E-state index in [0.717, 1.165) is 101 Å². The molecule has 7 heteroatoms. The molecule has 0 saturated carbocycles. The Morgan fingerprint density at radius 1 is 0.419 bits per heavy atom. The first-order valence-electron chi connectivity index (χ1n) is 20.7. The van der Waals surface area contributed by atoms with Crippen LogP contribution in [-0.4, -0.2) is 19.9 Å². The molecule has 13 rings (SSSR count). The quantitative estimate of drug-likeness (QED) is 0.176. The minimum atomic E-state index is -0.814. The van der Waals surface area contributed by atoms with Gasteiger partial charge < -0.3 is 14.4 Å². The lowest BCUT2D eigenvalue weighted by Gasteiger charge is -2.41. The Morgan fingerprint density at radius 3 is 1.98 bits per heavy atom. The second kappa shape index (κ2) is 13.3. The summed E-state index contributed by atoms with van der Waals surface area (Å²) in [5.41, 5.74) is 13.6. The molecule has 1 unspecified atom stereocenters. The van der Waals surface area contributed by atoms with Gasteiger partial charge in [0, 0.05) is 56.8 Å². The fourth-order valence-corrected chi connectivity index (χ4v) is 9.72. The third-order valence-electron chi connectivity index (χ3n) is 12.4. The van der Waals surface area contributed by atoms with E-state index in [1.807, 2.05) is 91.3 Å². The van der Waals surface area contributed by atoms with Gasteiger partial charge in [0.2, 0.25) is 0 Å². The summed E-state index contributed by atoms with van der Waals surface area (Å²) in [5.74, 6) is 3.50. The van der Waals surface area contributed by atoms with Crippen molar-refractivity contribution in [3.63, 3.8) is 0 Å². The number of hydrogen-bond donors (Lipinski definition) is 0. The first kappa shape index (κ1) is 34.4. The number of fused-ring (bicyclic) bond motifs is 13. The molecule has 3 aliphatic rings. The maximum absolute atomic E-state index is 7.02. The Kier molecular flexibility index (Phi) is 7.39. The maximum Gasteiger partial charge on any atom is 0.194 e. The molecule has 0 bridgehead atoms. The fraction of sp³-hybridized carbons (Fsp3) is 0.0182. The predicted molar refractivity (Wildman–Crippen MR) is 244 cm³/mol. The molecule has 7 aromatic carbocycles. The molecule has 3 aromatic heterocycles. The van der Waals surface area contributed by atoms with Crippen molar-refractivity contribution in [3.8, 4) is 68.2 Å². The van der Waals surface area contributed by atoms with Gasteiger partial charge in [0.1, 0.15) is 5.75 Å². The zero-order valence-corrected chi connectivity index (χ0v) is 33.1. The smallest absolute Gasteiger partial charge is 0.194 e. The zero-order valence-electron chi connectivity index (χ0n) is 33.1. The van der Waals surface area contributed by atoms with Gasteiger partial charge in [0.15, 0.2) is 23.1 Å². The van der Waals surface area contributed by atoms with Crippen molar-refractivity contribution in [2.75, 3.05) is 4.90 Å². The number of para-hydroxylation sites is 5. The Hall–Kier alpha value is -8.42. The molecule has 1 atom stereocenters. The summed E-state index contributed by atoms with van der Waals surface area (Å²) in [4.78, 5) is 22.6. The largest absolute Gasteiger partial charge is 0.453 e. The standard InChI is InChI=1S/C55H33N5O2/c1-3-14-35(15-4-1)49-39-18-7-9-21-44(39)58-54(59-49)36-27-25-34(26-28-36)37-32-43-51(57-33-37)50-41(20-13-31-56-50)55(43)40-19-8-11-23-47(40)61-52-42(55)29-30-46-53(52)62-48-24-12-10-22-45(48)60(46)38-16-5-2-6-17-38/h1-33H. The van der Waals surface area contributed by atoms with E-state index in [2.05, 4.69) is 114 Å². The van der Waals surface area contributed by atoms with E-state index in [1.54, 1.807) is 0 Å². The van der Waals surface area contributed by atoms with Gasteiger partial charge in [-0.15, -0.1) is 0 Å². The Labute approximate surface area is 357 Å². The van der Waals surface area contributed by atoms with Crippen molar-refractivity contribution in [1.29, 1.82) is 0 Å². The summed E-state index contributed by atoms with van der Waals surface area (Å²) in [7, 11) is 0. The molecule has 0 fully saturated rings. The van der Waals surface area contributed by atoms with Gasteiger partial charge in [0.05, 0.1) is 39.4 Å². The van der Waals surface area contributed by atoms with Gasteiger partial charge >= 0.3 is 0 Å². The normalized spacial score (nSPS) is 15.1. The van der Waals surface area contributed by atoms with Crippen LogP contribution < -0.4 is 14.4 Å². The maximum atomic E-state index is 7.02. The molecule has 0 amide bonds. The monoisotopic (exact) mass is 795 g/mol. The summed E-state index contributed by atoms with van der Waals surface area (Å²) >= 11 is 0. The zero-order chi connectivity index (χ0) is 40.8. The number of rotatable bonds is 4. The van der Waals surface area contributed by atoms with Gasteiger partial charge in [-0.05, 0) is 65.7 Å². The van der Waals surface area contributed by atoms with Gasteiger partial charge in [-0.25, -0.2) is 9.97 Å². The van der Waals surface area contributed by atoms with Crippen LogP contribution in [0.25, 0.3) is 56.1 Å². The summed E-state index contributed by atoms with van der Waals surface area (Å²) < 4.78 is 13.9. The minimum Gasteiger partial charge on any atom is -0.453 e. The molecule has 0 saturated heterocycles. The molecule has 0 radical (unpaired) electrons. The van der Waals surface area contributed by atoms with Crippen molar-refractivity contribution in [1.82, 2.24) is 19.9 Å². The van der Waals surface area contributed by atoms with Crippen molar-refractivity contribution in [3.05, 3.63) is 223 Å². The SMILES string of the molecule is c1ccc(-c2nc(-c3ccc(-c4cnc5c(c4)C4(c6ccccc6Oc6c4ccc4c6Oc6ccccc6N4c4ccccc4)c4cccnc4-5)cc3)nc3ccccc23)cc1. The third-order valence-corrected chi connectivity index (χ3v) is 12.4. The van der Waals surface area contributed by atoms with Crippen molar-refractivity contribution >= 4 is 28.0 Å². The van der Waals surface area contributed by atoms with Crippen LogP contribution in [0.4, 0.5) is 17.1 Å². The third kappa shape index (κ3) is 4.93. The number of nitrogens with zero attached hydrogens (tertiary/aromatic N) is 5. The lowest BCUT2D eigenvalue weighted by Crippen LogP contribution is -2.33. The van der Waals surface area contributed by atoms with Crippen molar-refractivity contribution in [2.24, 2.45) is 0 Å². The van der Waals surface area contributed by atoms with E-state index in [4.69, 9.17) is 29.4 Å². The second-order valence-corrected chi connectivity index (χ2v) is 15.8. The van der Waals surface area contributed by atoms with E-state index >= 15 is 0 Å². The Balaban J connectivity index is 0.984. The summed E-state index contributed by atoms with van der Waals surface area (Å²) in [6, 6.07) is 64.7. The Morgan fingerprint density at radius 2 is 1.11 bits per heavy atom. The lowest BCUT2D eigenvalue weighted by molar-refractivity contribution is 0.391. The Bertz CT molecular complexity index is 3430. The molecule has 2 aliphatic heterocycles. The first-order valence-corrected chi connectivity index (χ1v) is 20.7. The average molecular weight is 796 g/mol. The number of aromatic nitrogens is 4. The van der Waals surface area contributed by atoms with E-state index in [-0.39, 0.29) is 0 Å². The predicted octanol–water partition coefficient (Wildman–Crippen LogP) is 13.5. The van der Waals surface area contributed by atoms with Crippen LogP contribution in [-0.2, 0) is 5.41 Å². The number of hydrogen-bond acceptors (Lipinski definition) is 7. The summed E-state index contributed by atoms with van der Waals surface area (Å²) in [6.07, 6.45) is 3.81. The van der Waals surface area contributed by atoms with Gasteiger partial charge in [-0.3, -0.25) is 9.97 Å². The number of anilines is 3. The molecule has 1 spiro atoms. The van der Waals surface area contributed by atoms with Crippen LogP contribution in [0.1, 0.15) is 22.3 Å². The fourth-order valence-electron chi connectivity index (χ4n) is 9.72. The van der Waals surface area contributed by atoms with Crippen LogP contribution in [0.5, 0.6) is 23.0 Å². The van der Waals surface area contributed by atoms with Gasteiger partial charge in [-0.1, -0.05) is 133 Å². The molecular weight excluding hydrogens is 763 g/mol. The molecule has 0 N–H and O–H groups in total. The molecule has 1 aliphatic carbocycles. The molecule has 7 nitrogen and oxygen atoms in total. The second-order valence-electron chi connectivity index (χ2n) is 15.8. The molecule has 10 aromatic rings. The van der Waals surface area contributed by atoms with Gasteiger partial charge in [-0.2, -0.15) is 0 Å². The average Bonchev–Trinajstić information content (AvgIpc) is 3.63. The molecule has 5 heterocycles. The van der Waals surface area contributed by atoms with E-state index in [0.29, 0.717) is 17.3 Å². The van der Waals surface area contributed by atoms with Crippen LogP contribution in [0.15, 0.2) is 200 Å². The number of ether oxygens (including phenoxy) is 2. The highest BCUT2D eigenvalue weighted by molar-refractivity contribution is 5.95. The van der Waals surface area contributed by atoms with Crippen molar-refractivity contribution in [2.45, 2.75) is 5.41 Å². The van der Waals surface area contributed by atoms with Crippen LogP contribution in [0, 0.1) is 0 Å². The van der Waals surface area contributed by atoms with Crippen LogP contribution in [0.3, 0.4) is 0 Å². The topological polar surface area (TPSA) is 73.3 Å². The number of pyridine rings is 2. The summed E-state index contributed by atoms with van der Waals surface area (Å²) in [5, 5.41) is 1.02. The number of benzene rings is 7. The van der Waals surface area contributed by atoms with E-state index in [9.17, 15) is 0 Å². The highest BCUT2D eigenvalue weighted by Crippen LogP contribution is 2.65. The van der Waals surface area contributed by atoms with Crippen molar-refractivity contribution < 1.29 is 9.47 Å². The molecular formula is C55H33N5O2. The minimum absolute atomic E-state index is 0.656. The van der Waals surface area contributed by atoms with E-state index in [1.165, 1.54) is 0 Å². The summed E-state index contributed by atoms with van der Waals surface area (Å²) in [6.45, 7) is 0. The highest BCUT2D eigenvalue weighted by atomic mass is 16.5. The van der Waals surface area contributed by atoms with Crippen LogP contribution >= 0.6 is 0 Å². The lowest BCUT2D eigenvalue weighted by atomic mass is 9.66. The van der Waals surface area contributed by atoms with Crippen LogP contribution in [0.2, 0.25) is 0 Å². The first-order chi connectivity index (χ1) is 30.7. The molecule has 62 heavy (non-hydrogen) atoms. The molecule has 290 valence electrons. The highest BCUT2D eigenvalue weighted by Gasteiger charge is 2.54.